The zero-order valence-corrected chi connectivity index (χ0v) is 19.6. The Morgan fingerprint density at radius 2 is 0.938 bits per heavy atom. The highest BCUT2D eigenvalue weighted by Gasteiger charge is 2.47. The average Bonchev–Trinajstić information content (AvgIpc) is 2.84. The second-order valence-electron chi connectivity index (χ2n) is 9.22. The number of rotatable bonds is 8. The fourth-order valence-corrected chi connectivity index (χ4v) is 4.82. The van der Waals surface area contributed by atoms with Gasteiger partial charge in [-0.1, -0.05) is 0 Å². The molecule has 0 unspecified atom stereocenters. The molecule has 2 N–H and O–H groups in total. The van der Waals surface area contributed by atoms with Crippen molar-refractivity contribution >= 4 is 0 Å². The Balaban J connectivity index is 0.000000181. The van der Waals surface area contributed by atoms with Crippen molar-refractivity contribution in [3.8, 4) is 0 Å². The quantitative estimate of drug-likeness (QED) is 0.534. The predicted octanol–water partition coefficient (Wildman–Crippen LogP) is 2.92. The van der Waals surface area contributed by atoms with Crippen molar-refractivity contribution in [1.82, 2.24) is 0 Å². The van der Waals surface area contributed by atoms with E-state index in [1.807, 2.05) is 0 Å². The molecule has 8 heteroatoms. The molecule has 2 heterocycles. The topological polar surface area (TPSA) is 95.8 Å². The van der Waals surface area contributed by atoms with Gasteiger partial charge in [-0.05, 0) is 51.4 Å². The summed E-state index contributed by atoms with van der Waals surface area (Å²) < 4.78 is 34.5. The van der Waals surface area contributed by atoms with Crippen molar-refractivity contribution in [3.63, 3.8) is 0 Å². The smallest absolute Gasteiger partial charge is 0.168 e. The van der Waals surface area contributed by atoms with Gasteiger partial charge < -0.3 is 38.6 Å². The third-order valence-corrected chi connectivity index (χ3v) is 6.74. The van der Waals surface area contributed by atoms with Crippen molar-refractivity contribution in [3.05, 3.63) is 0 Å². The van der Waals surface area contributed by atoms with E-state index in [1.54, 1.807) is 0 Å². The van der Waals surface area contributed by atoms with E-state index in [0.29, 0.717) is 25.4 Å². The average molecular weight is 461 g/mol. The van der Waals surface area contributed by atoms with Gasteiger partial charge in [-0.2, -0.15) is 0 Å². The first-order valence-electron chi connectivity index (χ1n) is 12.7. The van der Waals surface area contributed by atoms with Gasteiger partial charge in [0.2, 0.25) is 0 Å². The van der Waals surface area contributed by atoms with Crippen LogP contribution in [-0.4, -0.2) is 86.9 Å². The summed E-state index contributed by atoms with van der Waals surface area (Å²) in [5, 5.41) is 17.3. The lowest BCUT2D eigenvalue weighted by atomic mass is 9.88. The van der Waals surface area contributed by atoms with Gasteiger partial charge in [0, 0.05) is 52.1 Å². The van der Waals surface area contributed by atoms with Crippen LogP contribution >= 0.6 is 0 Å². The largest absolute Gasteiger partial charge is 0.396 e. The van der Waals surface area contributed by atoms with Gasteiger partial charge in [0.05, 0.1) is 38.6 Å². The third-order valence-electron chi connectivity index (χ3n) is 6.74. The molecule has 188 valence electrons. The minimum absolute atomic E-state index is 0.208. The number of hydrogen-bond donors (Lipinski definition) is 2. The van der Waals surface area contributed by atoms with E-state index in [2.05, 4.69) is 0 Å². The zero-order chi connectivity index (χ0) is 22.5. The molecule has 0 atom stereocenters. The van der Waals surface area contributed by atoms with E-state index in [4.69, 9.17) is 38.6 Å². The van der Waals surface area contributed by atoms with Gasteiger partial charge in [-0.25, -0.2) is 0 Å². The van der Waals surface area contributed by atoms with Crippen molar-refractivity contribution in [1.29, 1.82) is 0 Å². The van der Waals surface area contributed by atoms with Gasteiger partial charge in [0.25, 0.3) is 0 Å². The van der Waals surface area contributed by atoms with Gasteiger partial charge in [0.15, 0.2) is 11.6 Å². The molecule has 0 bridgehead atoms. The fraction of sp³-hybridized carbons (Fsp3) is 1.00. The molecule has 2 spiro atoms. The van der Waals surface area contributed by atoms with Crippen molar-refractivity contribution in [2.45, 2.75) is 101 Å². The van der Waals surface area contributed by atoms with Crippen LogP contribution in [0.3, 0.4) is 0 Å². The number of hydrogen-bond acceptors (Lipinski definition) is 8. The second-order valence-corrected chi connectivity index (χ2v) is 9.22. The Labute approximate surface area is 192 Å². The van der Waals surface area contributed by atoms with E-state index in [1.165, 1.54) is 0 Å². The van der Waals surface area contributed by atoms with Gasteiger partial charge in [0.1, 0.15) is 0 Å². The molecule has 0 radical (unpaired) electrons. The maximum Gasteiger partial charge on any atom is 0.168 e. The molecule has 32 heavy (non-hydrogen) atoms. The first-order chi connectivity index (χ1) is 15.7. The highest BCUT2D eigenvalue weighted by molar-refractivity contribution is 4.88. The molecule has 4 fully saturated rings. The lowest BCUT2D eigenvalue weighted by Gasteiger charge is -2.47. The standard InChI is InChI=1S/C12H20O4.C12H24O4/c1-7-13-11(14-8-1)3-5-12(6-4-11)15-9-2-10-16-12;13-7-1-9-15-11-3-5-12(6-4-11)16-10-2-8-14/h1-10H2;11-14H,1-10H2. The Kier molecular flexibility index (Phi) is 11.6. The highest BCUT2D eigenvalue weighted by atomic mass is 16.7. The van der Waals surface area contributed by atoms with Crippen LogP contribution in [0.2, 0.25) is 0 Å². The molecule has 4 rings (SSSR count). The van der Waals surface area contributed by atoms with Crippen LogP contribution in [0.1, 0.15) is 77.0 Å². The Morgan fingerprint density at radius 1 is 0.594 bits per heavy atom. The summed E-state index contributed by atoms with van der Waals surface area (Å²) in [4.78, 5) is 0. The Morgan fingerprint density at radius 3 is 1.25 bits per heavy atom. The molecule has 0 aromatic rings. The summed E-state index contributed by atoms with van der Waals surface area (Å²) in [7, 11) is 0. The molecule has 4 aliphatic rings. The third kappa shape index (κ3) is 8.47. The number of ether oxygens (including phenoxy) is 6. The Hall–Kier alpha value is -0.320. The van der Waals surface area contributed by atoms with Crippen LogP contribution in [-0.2, 0) is 28.4 Å². The summed E-state index contributed by atoms with van der Waals surface area (Å²) in [6, 6.07) is 0. The summed E-state index contributed by atoms with van der Waals surface area (Å²) in [5.74, 6) is -0.651. The van der Waals surface area contributed by atoms with Crippen LogP contribution in [0.4, 0.5) is 0 Å². The van der Waals surface area contributed by atoms with Gasteiger partial charge >= 0.3 is 0 Å². The number of aliphatic hydroxyl groups is 2. The van der Waals surface area contributed by atoms with E-state index in [9.17, 15) is 0 Å². The second kappa shape index (κ2) is 14.2. The maximum atomic E-state index is 8.64. The fourth-order valence-electron chi connectivity index (χ4n) is 4.82. The normalized spacial score (nSPS) is 29.4. The zero-order valence-electron chi connectivity index (χ0n) is 19.6. The lowest BCUT2D eigenvalue weighted by molar-refractivity contribution is -0.339. The lowest BCUT2D eigenvalue weighted by Crippen LogP contribution is -2.51. The monoisotopic (exact) mass is 460 g/mol. The molecule has 0 amide bonds. The molecule has 0 aromatic carbocycles. The van der Waals surface area contributed by atoms with Crippen LogP contribution in [0.25, 0.3) is 0 Å². The van der Waals surface area contributed by atoms with Crippen LogP contribution < -0.4 is 0 Å². The van der Waals surface area contributed by atoms with Crippen molar-refractivity contribution in [2.24, 2.45) is 0 Å². The van der Waals surface area contributed by atoms with Crippen LogP contribution in [0, 0.1) is 0 Å². The van der Waals surface area contributed by atoms with E-state index < -0.39 is 0 Å². The summed E-state index contributed by atoms with van der Waals surface area (Å²) in [6.07, 6.45) is 12.0. The van der Waals surface area contributed by atoms with E-state index in [-0.39, 0.29) is 24.8 Å². The first kappa shape index (κ1) is 26.3. The van der Waals surface area contributed by atoms with Gasteiger partial charge in [-0.15, -0.1) is 0 Å². The molecule has 8 nitrogen and oxygen atoms in total. The van der Waals surface area contributed by atoms with E-state index >= 15 is 0 Å². The summed E-state index contributed by atoms with van der Waals surface area (Å²) in [5.41, 5.74) is 0. The van der Waals surface area contributed by atoms with Crippen LogP contribution in [0.15, 0.2) is 0 Å². The predicted molar refractivity (Wildman–Crippen MR) is 118 cm³/mol. The molecule has 0 aromatic heterocycles. The molecule has 2 aliphatic carbocycles. The van der Waals surface area contributed by atoms with Crippen LogP contribution in [0.5, 0.6) is 0 Å². The molecular formula is C24H44O8. The van der Waals surface area contributed by atoms with Crippen molar-refractivity contribution in [2.75, 3.05) is 52.9 Å². The first-order valence-corrected chi connectivity index (χ1v) is 12.7. The van der Waals surface area contributed by atoms with Gasteiger partial charge in [-0.3, -0.25) is 0 Å². The summed E-state index contributed by atoms with van der Waals surface area (Å²) >= 11 is 0. The molecule has 2 aliphatic heterocycles. The molecule has 2 saturated carbocycles. The maximum absolute atomic E-state index is 8.64. The minimum Gasteiger partial charge on any atom is -0.396 e. The molecular weight excluding hydrogens is 416 g/mol. The minimum atomic E-state index is -0.326. The van der Waals surface area contributed by atoms with Crippen molar-refractivity contribution < 1.29 is 38.6 Å². The highest BCUT2D eigenvalue weighted by Crippen LogP contribution is 2.43. The number of aliphatic hydroxyl groups excluding tert-OH is 2. The van der Waals surface area contributed by atoms with E-state index in [0.717, 1.165) is 103 Å². The molecule has 2 saturated heterocycles. The SMILES string of the molecule is C1COC2(CCC3(CC2)OCCCO3)OC1.OCCCOC1CCC(OCCCO)CC1. The summed E-state index contributed by atoms with van der Waals surface area (Å²) in [6.45, 7) is 5.06. The Bertz CT molecular complexity index is 426.